The van der Waals surface area contributed by atoms with Gasteiger partial charge in [0.25, 0.3) is 0 Å². The molecule has 1 aliphatic rings. The van der Waals surface area contributed by atoms with Gasteiger partial charge in [-0.1, -0.05) is 0 Å². The average Bonchev–Trinajstić information content (AvgIpc) is 2.53. The molecule has 0 amide bonds. The number of carbonyl (C=O) groups is 1. The Morgan fingerprint density at radius 3 is 1.76 bits per heavy atom. The number of nitrogens with zero attached hydrogens (tertiary/aromatic N) is 4. The number of ketones is 1. The number of Topliss-reactive ketones (excluding diaryl/α,β-unsaturated/α-hetero) is 1. The highest BCUT2D eigenvalue weighted by Crippen LogP contribution is 2.27. The summed E-state index contributed by atoms with van der Waals surface area (Å²) in [5, 5.41) is 0. The number of hydrogen-bond acceptors (Lipinski definition) is 5. The zero-order valence-electron chi connectivity index (χ0n) is 11.4. The zero-order valence-corrected chi connectivity index (χ0v) is 11.4. The molecule has 0 aromatic carbocycles. The van der Waals surface area contributed by atoms with Crippen LogP contribution in [0.2, 0.25) is 0 Å². The maximum absolute atomic E-state index is 12.5. The van der Waals surface area contributed by atoms with E-state index >= 15 is 0 Å². The van der Waals surface area contributed by atoms with Gasteiger partial charge < -0.3 is 0 Å². The molecule has 21 heavy (non-hydrogen) atoms. The predicted molar refractivity (Wildman–Crippen MR) is 78.9 cm³/mol. The molecule has 0 radical (unpaired) electrons. The first-order valence-corrected chi connectivity index (χ1v) is 6.81. The molecule has 104 valence electrons. The van der Waals surface area contributed by atoms with Crippen LogP contribution in [0.1, 0.15) is 30.7 Å². The monoisotopic (exact) mass is 278 g/mol. The maximum Gasteiger partial charge on any atom is 0.185 e. The first-order valence-electron chi connectivity index (χ1n) is 6.81. The van der Waals surface area contributed by atoms with Crippen LogP contribution in [0.25, 0.3) is 12.2 Å². The maximum atomic E-state index is 12.5. The molecule has 0 unspecified atom stereocenters. The fraction of sp³-hybridized carbons (Fsp3) is 0.188. The lowest BCUT2D eigenvalue weighted by molar-refractivity contribution is -0.112. The van der Waals surface area contributed by atoms with Crippen molar-refractivity contribution >= 4 is 17.9 Å². The van der Waals surface area contributed by atoms with E-state index in [9.17, 15) is 4.79 Å². The Bertz CT molecular complexity index is 633. The molecule has 2 aromatic heterocycles. The molecule has 0 atom stereocenters. The van der Waals surface area contributed by atoms with Crippen LogP contribution in [0.5, 0.6) is 0 Å². The summed E-state index contributed by atoms with van der Waals surface area (Å²) >= 11 is 0. The number of aromatic nitrogens is 4. The Morgan fingerprint density at radius 2 is 1.33 bits per heavy atom. The third-order valence-electron chi connectivity index (χ3n) is 3.29. The van der Waals surface area contributed by atoms with Gasteiger partial charge in [0, 0.05) is 35.9 Å². The van der Waals surface area contributed by atoms with Crippen molar-refractivity contribution in [2.75, 3.05) is 0 Å². The fourth-order valence-electron chi connectivity index (χ4n) is 2.31. The molecular weight excluding hydrogens is 264 g/mol. The van der Waals surface area contributed by atoms with Crippen LogP contribution >= 0.6 is 0 Å². The molecule has 3 rings (SSSR count). The van der Waals surface area contributed by atoms with Gasteiger partial charge in [0.05, 0.1) is 23.8 Å². The van der Waals surface area contributed by atoms with E-state index in [4.69, 9.17) is 0 Å². The van der Waals surface area contributed by atoms with E-state index < -0.39 is 0 Å². The van der Waals surface area contributed by atoms with Gasteiger partial charge in [0.15, 0.2) is 5.78 Å². The molecule has 0 bridgehead atoms. The van der Waals surface area contributed by atoms with Crippen molar-refractivity contribution in [3.05, 3.63) is 59.7 Å². The second-order valence-electron chi connectivity index (χ2n) is 4.78. The van der Waals surface area contributed by atoms with Crippen LogP contribution in [-0.4, -0.2) is 25.7 Å². The summed E-state index contributed by atoms with van der Waals surface area (Å²) in [4.78, 5) is 28.9. The lowest BCUT2D eigenvalue weighted by Gasteiger charge is -2.16. The van der Waals surface area contributed by atoms with Crippen molar-refractivity contribution in [1.82, 2.24) is 19.9 Å². The molecule has 0 spiro atoms. The SMILES string of the molecule is O=C1C(=Cc2cnccn2)CCCC1=Cc1cnccn1. The van der Waals surface area contributed by atoms with Crippen LogP contribution in [0.3, 0.4) is 0 Å². The van der Waals surface area contributed by atoms with E-state index in [0.717, 1.165) is 30.4 Å². The van der Waals surface area contributed by atoms with Gasteiger partial charge in [-0.25, -0.2) is 0 Å². The minimum Gasteiger partial charge on any atom is -0.289 e. The van der Waals surface area contributed by atoms with Gasteiger partial charge in [-0.15, -0.1) is 0 Å². The van der Waals surface area contributed by atoms with Crippen LogP contribution in [-0.2, 0) is 4.79 Å². The molecule has 0 aliphatic heterocycles. The Hall–Kier alpha value is -2.69. The molecule has 5 heteroatoms. The predicted octanol–water partition coefficient (Wildman–Crippen LogP) is 2.49. The number of rotatable bonds is 2. The van der Waals surface area contributed by atoms with Gasteiger partial charge in [0.1, 0.15) is 0 Å². The fourth-order valence-corrected chi connectivity index (χ4v) is 2.31. The highest BCUT2D eigenvalue weighted by Gasteiger charge is 2.20. The minimum absolute atomic E-state index is 0.0672. The lowest BCUT2D eigenvalue weighted by Crippen LogP contribution is -2.12. The summed E-state index contributed by atoms with van der Waals surface area (Å²) in [6.07, 6.45) is 15.9. The van der Waals surface area contributed by atoms with Gasteiger partial charge >= 0.3 is 0 Å². The van der Waals surface area contributed by atoms with E-state index in [0.29, 0.717) is 11.4 Å². The van der Waals surface area contributed by atoms with E-state index in [2.05, 4.69) is 19.9 Å². The molecular formula is C16H14N4O. The summed E-state index contributed by atoms with van der Waals surface area (Å²) < 4.78 is 0. The number of hydrogen-bond donors (Lipinski definition) is 0. The standard InChI is InChI=1S/C16H14N4O/c21-16-12(8-14-10-17-4-6-19-14)2-1-3-13(16)9-15-11-18-5-7-20-15/h4-11H,1-3H2. The third-order valence-corrected chi connectivity index (χ3v) is 3.29. The Kier molecular flexibility index (Phi) is 3.91. The molecule has 2 aromatic rings. The Morgan fingerprint density at radius 1 is 0.810 bits per heavy atom. The highest BCUT2D eigenvalue weighted by molar-refractivity contribution is 6.13. The summed E-state index contributed by atoms with van der Waals surface area (Å²) in [7, 11) is 0. The molecule has 5 nitrogen and oxygen atoms in total. The van der Waals surface area contributed by atoms with E-state index in [1.165, 1.54) is 0 Å². The highest BCUT2D eigenvalue weighted by atomic mass is 16.1. The minimum atomic E-state index is 0.0672. The van der Waals surface area contributed by atoms with E-state index in [1.807, 2.05) is 12.2 Å². The largest absolute Gasteiger partial charge is 0.289 e. The van der Waals surface area contributed by atoms with Crippen molar-refractivity contribution in [3.8, 4) is 0 Å². The van der Waals surface area contributed by atoms with Crippen molar-refractivity contribution in [3.63, 3.8) is 0 Å². The van der Waals surface area contributed by atoms with E-state index in [-0.39, 0.29) is 5.78 Å². The first-order chi connectivity index (χ1) is 10.3. The second kappa shape index (κ2) is 6.17. The van der Waals surface area contributed by atoms with Crippen LogP contribution in [0.15, 0.2) is 48.3 Å². The average molecular weight is 278 g/mol. The molecule has 0 N–H and O–H groups in total. The second-order valence-corrected chi connectivity index (χ2v) is 4.78. The van der Waals surface area contributed by atoms with Gasteiger partial charge in [0.2, 0.25) is 0 Å². The van der Waals surface area contributed by atoms with Gasteiger partial charge in [-0.05, 0) is 31.4 Å². The molecule has 1 saturated carbocycles. The van der Waals surface area contributed by atoms with Gasteiger partial charge in [-0.2, -0.15) is 0 Å². The molecule has 2 heterocycles. The molecule has 1 fully saturated rings. The van der Waals surface area contributed by atoms with Crippen molar-refractivity contribution < 1.29 is 4.79 Å². The van der Waals surface area contributed by atoms with Crippen molar-refractivity contribution in [2.24, 2.45) is 0 Å². The smallest absolute Gasteiger partial charge is 0.185 e. The Balaban J connectivity index is 1.88. The van der Waals surface area contributed by atoms with Crippen LogP contribution in [0.4, 0.5) is 0 Å². The topological polar surface area (TPSA) is 68.6 Å². The van der Waals surface area contributed by atoms with Crippen LogP contribution in [0, 0.1) is 0 Å². The Labute approximate surface area is 122 Å². The normalized spacial score (nSPS) is 19.1. The summed E-state index contributed by atoms with van der Waals surface area (Å²) in [5.74, 6) is 0.0672. The van der Waals surface area contributed by atoms with Crippen molar-refractivity contribution in [1.29, 1.82) is 0 Å². The third kappa shape index (κ3) is 3.25. The zero-order chi connectivity index (χ0) is 14.5. The van der Waals surface area contributed by atoms with Crippen molar-refractivity contribution in [2.45, 2.75) is 19.3 Å². The summed E-state index contributed by atoms with van der Waals surface area (Å²) in [6.45, 7) is 0. The summed E-state index contributed by atoms with van der Waals surface area (Å²) in [6, 6.07) is 0. The van der Waals surface area contributed by atoms with E-state index in [1.54, 1.807) is 37.2 Å². The first kappa shape index (κ1) is 13.3. The lowest BCUT2D eigenvalue weighted by atomic mass is 9.88. The quantitative estimate of drug-likeness (QED) is 0.789. The number of allylic oxidation sites excluding steroid dienone is 2. The van der Waals surface area contributed by atoms with Crippen LogP contribution < -0.4 is 0 Å². The molecule has 0 saturated heterocycles. The van der Waals surface area contributed by atoms with Gasteiger partial charge in [-0.3, -0.25) is 24.7 Å². The number of carbonyl (C=O) groups excluding carboxylic acids is 1. The summed E-state index contributed by atoms with van der Waals surface area (Å²) in [5.41, 5.74) is 2.97. The molecule has 1 aliphatic carbocycles.